The molecule has 0 saturated carbocycles. The zero-order valence-electron chi connectivity index (χ0n) is 8.96. The molecule has 1 aliphatic carbocycles. The van der Waals surface area contributed by atoms with Crippen molar-refractivity contribution in [1.82, 2.24) is 10.6 Å². The van der Waals surface area contributed by atoms with E-state index < -0.39 is 0 Å². The van der Waals surface area contributed by atoms with Gasteiger partial charge in [0.1, 0.15) is 5.66 Å². The lowest BCUT2D eigenvalue weighted by atomic mass is 10.0. The first kappa shape index (κ1) is 8.60. The molecule has 1 aromatic rings. The summed E-state index contributed by atoms with van der Waals surface area (Å²) in [6.45, 7) is 4.26. The molecule has 2 aliphatic rings. The Bertz CT molecular complexity index is 481. The number of hydrogen-bond acceptors (Lipinski definition) is 2. The van der Waals surface area contributed by atoms with Crippen LogP contribution in [0.5, 0.6) is 0 Å². The van der Waals surface area contributed by atoms with Crippen molar-refractivity contribution < 1.29 is 0 Å². The summed E-state index contributed by atoms with van der Waals surface area (Å²) in [7, 11) is 0. The summed E-state index contributed by atoms with van der Waals surface area (Å²) in [5.74, 6) is 0. The maximum absolute atomic E-state index is 3.48. The molecule has 0 unspecified atom stereocenters. The van der Waals surface area contributed by atoms with Gasteiger partial charge in [-0.3, -0.25) is 0 Å². The lowest BCUT2D eigenvalue weighted by Crippen LogP contribution is -2.51. The van der Waals surface area contributed by atoms with Gasteiger partial charge >= 0.3 is 0 Å². The van der Waals surface area contributed by atoms with Crippen LogP contribution in [0.1, 0.15) is 25.0 Å². The molecule has 0 saturated heterocycles. The van der Waals surface area contributed by atoms with Crippen molar-refractivity contribution in [1.29, 1.82) is 0 Å². The highest BCUT2D eigenvalue weighted by molar-refractivity contribution is 5.94. The van der Waals surface area contributed by atoms with E-state index in [9.17, 15) is 0 Å². The zero-order chi connectivity index (χ0) is 10.5. The van der Waals surface area contributed by atoms with Gasteiger partial charge in [0.25, 0.3) is 0 Å². The van der Waals surface area contributed by atoms with Gasteiger partial charge in [-0.25, -0.2) is 0 Å². The van der Waals surface area contributed by atoms with Crippen LogP contribution in [0.25, 0.3) is 11.6 Å². The fourth-order valence-electron chi connectivity index (χ4n) is 2.13. The Labute approximate surface area is 89.7 Å². The van der Waals surface area contributed by atoms with Crippen molar-refractivity contribution in [2.75, 3.05) is 0 Å². The molecule has 76 valence electrons. The second-order valence-corrected chi connectivity index (χ2v) is 4.60. The van der Waals surface area contributed by atoms with E-state index in [-0.39, 0.29) is 5.66 Å². The third-order valence-electron chi connectivity index (χ3n) is 2.87. The van der Waals surface area contributed by atoms with E-state index in [2.05, 4.69) is 61.0 Å². The molecule has 0 bridgehead atoms. The van der Waals surface area contributed by atoms with Gasteiger partial charge in [0.05, 0.1) is 0 Å². The topological polar surface area (TPSA) is 24.1 Å². The Morgan fingerprint density at radius 2 is 1.93 bits per heavy atom. The molecule has 2 heteroatoms. The molecule has 15 heavy (non-hydrogen) atoms. The molecule has 2 N–H and O–H groups in total. The van der Waals surface area contributed by atoms with E-state index in [4.69, 9.17) is 0 Å². The third-order valence-corrected chi connectivity index (χ3v) is 2.87. The van der Waals surface area contributed by atoms with Crippen molar-refractivity contribution >= 4 is 11.6 Å². The molecule has 1 heterocycles. The zero-order valence-corrected chi connectivity index (χ0v) is 8.96. The SMILES string of the molecule is CC1(C)NC=C2C(=Cc3ccccc32)N1. The van der Waals surface area contributed by atoms with Crippen molar-refractivity contribution in [2.45, 2.75) is 19.5 Å². The van der Waals surface area contributed by atoms with Crippen molar-refractivity contribution in [3.05, 3.63) is 47.3 Å². The monoisotopic (exact) mass is 198 g/mol. The van der Waals surface area contributed by atoms with Gasteiger partial charge in [-0.05, 0) is 31.1 Å². The maximum atomic E-state index is 3.48. The maximum Gasteiger partial charge on any atom is 0.101 e. The van der Waals surface area contributed by atoms with Crippen molar-refractivity contribution in [3.8, 4) is 0 Å². The second-order valence-electron chi connectivity index (χ2n) is 4.60. The second kappa shape index (κ2) is 2.66. The van der Waals surface area contributed by atoms with Gasteiger partial charge in [-0.1, -0.05) is 24.3 Å². The smallest absolute Gasteiger partial charge is 0.101 e. The van der Waals surface area contributed by atoms with Crippen LogP contribution in [0.3, 0.4) is 0 Å². The van der Waals surface area contributed by atoms with Gasteiger partial charge in [0, 0.05) is 17.5 Å². The lowest BCUT2D eigenvalue weighted by molar-refractivity contribution is 0.380. The Morgan fingerprint density at radius 3 is 2.80 bits per heavy atom. The fourth-order valence-corrected chi connectivity index (χ4v) is 2.13. The van der Waals surface area contributed by atoms with Gasteiger partial charge in [0.2, 0.25) is 0 Å². The quantitative estimate of drug-likeness (QED) is 0.668. The highest BCUT2D eigenvalue weighted by atomic mass is 15.2. The Morgan fingerprint density at radius 1 is 1.13 bits per heavy atom. The van der Waals surface area contributed by atoms with E-state index in [0.29, 0.717) is 0 Å². The summed E-state index contributed by atoms with van der Waals surface area (Å²) >= 11 is 0. The molecule has 0 amide bonds. The fraction of sp³-hybridized carbons (Fsp3) is 0.231. The summed E-state index contributed by atoms with van der Waals surface area (Å²) in [6.07, 6.45) is 4.32. The summed E-state index contributed by atoms with van der Waals surface area (Å²) in [4.78, 5) is 0. The summed E-state index contributed by atoms with van der Waals surface area (Å²) in [5, 5.41) is 6.84. The van der Waals surface area contributed by atoms with E-state index in [1.54, 1.807) is 0 Å². The number of hydrogen-bond donors (Lipinski definition) is 2. The van der Waals surface area contributed by atoms with Crippen molar-refractivity contribution in [3.63, 3.8) is 0 Å². The van der Waals surface area contributed by atoms with E-state index in [0.717, 1.165) is 0 Å². The van der Waals surface area contributed by atoms with Crippen LogP contribution in [-0.4, -0.2) is 5.66 Å². The molecular formula is C13H14N2. The van der Waals surface area contributed by atoms with Crippen molar-refractivity contribution in [2.24, 2.45) is 0 Å². The van der Waals surface area contributed by atoms with Crippen LogP contribution in [0.4, 0.5) is 0 Å². The Kier molecular flexibility index (Phi) is 1.52. The van der Waals surface area contributed by atoms with E-state index in [1.165, 1.54) is 22.4 Å². The molecule has 3 rings (SSSR count). The largest absolute Gasteiger partial charge is 0.369 e. The lowest BCUT2D eigenvalue weighted by Gasteiger charge is -2.33. The van der Waals surface area contributed by atoms with Crippen LogP contribution in [0.2, 0.25) is 0 Å². The van der Waals surface area contributed by atoms with Crippen LogP contribution >= 0.6 is 0 Å². The standard InChI is InChI=1S/C13H14N2/c1-13(2)14-8-11-10-6-4-3-5-9(10)7-12(11)15-13/h3-8,14-15H,1-2H3. The molecule has 0 aromatic heterocycles. The predicted molar refractivity (Wildman–Crippen MR) is 62.7 cm³/mol. The number of benzene rings is 1. The van der Waals surface area contributed by atoms with Crippen LogP contribution in [-0.2, 0) is 0 Å². The van der Waals surface area contributed by atoms with Crippen LogP contribution in [0, 0.1) is 0 Å². The number of rotatable bonds is 0. The minimum absolute atomic E-state index is 0.0582. The first-order valence-electron chi connectivity index (χ1n) is 5.23. The summed E-state index contributed by atoms with van der Waals surface area (Å²) in [5.41, 5.74) is 5.04. The molecular weight excluding hydrogens is 184 g/mol. The number of allylic oxidation sites excluding steroid dienone is 1. The molecule has 0 radical (unpaired) electrons. The van der Waals surface area contributed by atoms with Crippen LogP contribution < -0.4 is 10.6 Å². The molecule has 1 aliphatic heterocycles. The highest BCUT2D eigenvalue weighted by Gasteiger charge is 2.27. The third kappa shape index (κ3) is 1.25. The van der Waals surface area contributed by atoms with Gasteiger partial charge in [-0.2, -0.15) is 0 Å². The Balaban J connectivity index is 2.13. The first-order chi connectivity index (χ1) is 7.16. The molecule has 0 fully saturated rings. The predicted octanol–water partition coefficient (Wildman–Crippen LogP) is 2.31. The van der Waals surface area contributed by atoms with E-state index in [1.807, 2.05) is 0 Å². The molecule has 2 nitrogen and oxygen atoms in total. The average Bonchev–Trinajstić information content (AvgIpc) is 2.52. The minimum atomic E-state index is -0.0582. The minimum Gasteiger partial charge on any atom is -0.369 e. The van der Waals surface area contributed by atoms with Gasteiger partial charge < -0.3 is 10.6 Å². The number of nitrogens with one attached hydrogen (secondary N) is 2. The normalized spacial score (nSPS) is 20.4. The summed E-state index contributed by atoms with van der Waals surface area (Å²) in [6, 6.07) is 8.46. The highest BCUT2D eigenvalue weighted by Crippen LogP contribution is 2.35. The molecule has 0 atom stereocenters. The summed E-state index contributed by atoms with van der Waals surface area (Å²) < 4.78 is 0. The Hall–Kier alpha value is -1.70. The molecule has 0 spiro atoms. The van der Waals surface area contributed by atoms with Gasteiger partial charge in [-0.15, -0.1) is 0 Å². The van der Waals surface area contributed by atoms with Gasteiger partial charge in [0.15, 0.2) is 0 Å². The van der Waals surface area contributed by atoms with E-state index >= 15 is 0 Å². The van der Waals surface area contributed by atoms with Crippen LogP contribution in [0.15, 0.2) is 36.2 Å². The first-order valence-corrected chi connectivity index (χ1v) is 5.23. The number of fused-ring (bicyclic) bond motifs is 3. The molecule has 1 aromatic carbocycles. The average molecular weight is 198 g/mol.